The summed E-state index contributed by atoms with van der Waals surface area (Å²) < 4.78 is 0. The molecule has 0 fully saturated rings. The molecule has 0 aliphatic carbocycles. The number of benzene rings is 1. The zero-order valence-electron chi connectivity index (χ0n) is 9.72. The lowest BCUT2D eigenvalue weighted by Gasteiger charge is -2.01. The predicted octanol–water partition coefficient (Wildman–Crippen LogP) is 4.07. The number of nitrogen functional groups attached to an aromatic ring is 1. The van der Waals surface area contributed by atoms with Crippen LogP contribution in [-0.4, -0.2) is 4.98 Å². The number of hydrogen-bond donors (Lipinski definition) is 1. The Morgan fingerprint density at radius 3 is 2.58 bits per heavy atom. The van der Waals surface area contributed by atoms with E-state index in [1.165, 1.54) is 11.3 Å². The average molecular weight is 286 g/mol. The van der Waals surface area contributed by atoms with Crippen molar-refractivity contribution >= 4 is 38.8 Å². The van der Waals surface area contributed by atoms with Gasteiger partial charge in [-0.1, -0.05) is 23.7 Å². The van der Waals surface area contributed by atoms with Gasteiger partial charge in [0, 0.05) is 16.0 Å². The topological polar surface area (TPSA) is 62.7 Å². The van der Waals surface area contributed by atoms with E-state index in [9.17, 15) is 0 Å². The maximum absolute atomic E-state index is 8.97. The van der Waals surface area contributed by atoms with Crippen LogP contribution in [0.2, 0.25) is 5.02 Å². The Bertz CT molecular complexity index is 800. The van der Waals surface area contributed by atoms with Gasteiger partial charge in [0.15, 0.2) is 0 Å². The molecule has 92 valence electrons. The molecule has 2 aromatic heterocycles. The number of rotatable bonds is 1. The SMILES string of the molecule is N#Cc1sc2nc(-c3ccc(Cl)cc3)ccc2c1N. The molecule has 0 spiro atoms. The molecule has 0 saturated heterocycles. The van der Waals surface area contributed by atoms with Crippen LogP contribution in [0.25, 0.3) is 21.5 Å². The highest BCUT2D eigenvalue weighted by Crippen LogP contribution is 2.33. The molecule has 0 aliphatic heterocycles. The molecular formula is C14H8ClN3S. The summed E-state index contributed by atoms with van der Waals surface area (Å²) in [6, 6.07) is 13.4. The first-order valence-corrected chi connectivity index (χ1v) is 6.73. The van der Waals surface area contributed by atoms with Gasteiger partial charge >= 0.3 is 0 Å². The summed E-state index contributed by atoms with van der Waals surface area (Å²) in [5, 5.41) is 10.5. The van der Waals surface area contributed by atoms with Crippen LogP contribution in [0.15, 0.2) is 36.4 Å². The first-order valence-electron chi connectivity index (χ1n) is 5.54. The fourth-order valence-electron chi connectivity index (χ4n) is 1.86. The van der Waals surface area contributed by atoms with Crippen LogP contribution in [0.3, 0.4) is 0 Å². The lowest BCUT2D eigenvalue weighted by Crippen LogP contribution is -1.86. The number of halogens is 1. The summed E-state index contributed by atoms with van der Waals surface area (Å²) in [4.78, 5) is 5.84. The van der Waals surface area contributed by atoms with E-state index in [-0.39, 0.29) is 0 Å². The summed E-state index contributed by atoms with van der Waals surface area (Å²) in [6.07, 6.45) is 0. The van der Waals surface area contributed by atoms with Gasteiger partial charge in [-0.25, -0.2) is 4.98 Å². The third-order valence-corrected chi connectivity index (χ3v) is 4.11. The minimum atomic E-state index is 0.510. The number of nitriles is 1. The Morgan fingerprint density at radius 1 is 1.16 bits per heavy atom. The maximum atomic E-state index is 8.97. The van der Waals surface area contributed by atoms with Gasteiger partial charge in [-0.2, -0.15) is 5.26 Å². The molecule has 0 unspecified atom stereocenters. The Kier molecular flexibility index (Phi) is 2.86. The Morgan fingerprint density at radius 2 is 1.89 bits per heavy atom. The number of anilines is 1. The number of nitrogens with zero attached hydrogens (tertiary/aromatic N) is 2. The van der Waals surface area contributed by atoms with Gasteiger partial charge in [-0.3, -0.25) is 0 Å². The minimum Gasteiger partial charge on any atom is -0.396 e. The molecule has 3 aromatic rings. The number of fused-ring (bicyclic) bond motifs is 1. The van der Waals surface area contributed by atoms with E-state index >= 15 is 0 Å². The van der Waals surface area contributed by atoms with E-state index in [2.05, 4.69) is 11.1 Å². The number of pyridine rings is 1. The zero-order chi connectivity index (χ0) is 13.4. The first-order chi connectivity index (χ1) is 9.19. The number of aromatic nitrogens is 1. The zero-order valence-corrected chi connectivity index (χ0v) is 11.3. The summed E-state index contributed by atoms with van der Waals surface area (Å²) >= 11 is 7.18. The molecule has 3 rings (SSSR count). The molecule has 0 aliphatic rings. The normalized spacial score (nSPS) is 10.5. The first kappa shape index (κ1) is 12.0. The Balaban J connectivity index is 2.17. The summed E-state index contributed by atoms with van der Waals surface area (Å²) in [5.74, 6) is 0. The number of nitrogens with two attached hydrogens (primary N) is 1. The second kappa shape index (κ2) is 4.54. The molecule has 2 heterocycles. The number of hydrogen-bond acceptors (Lipinski definition) is 4. The highest BCUT2D eigenvalue weighted by atomic mass is 35.5. The van der Waals surface area contributed by atoms with E-state index in [0.717, 1.165) is 21.5 Å². The molecule has 0 saturated carbocycles. The van der Waals surface area contributed by atoms with Crippen molar-refractivity contribution in [1.82, 2.24) is 4.98 Å². The van der Waals surface area contributed by atoms with Crippen LogP contribution in [0.5, 0.6) is 0 Å². The average Bonchev–Trinajstić information content (AvgIpc) is 2.76. The van der Waals surface area contributed by atoms with Gasteiger partial charge in [-0.05, 0) is 24.3 Å². The molecule has 5 heteroatoms. The van der Waals surface area contributed by atoms with Gasteiger partial charge in [0.25, 0.3) is 0 Å². The van der Waals surface area contributed by atoms with Crippen molar-refractivity contribution in [3.8, 4) is 17.3 Å². The van der Waals surface area contributed by atoms with E-state index in [1.54, 1.807) is 0 Å². The van der Waals surface area contributed by atoms with Gasteiger partial charge < -0.3 is 5.73 Å². The molecule has 0 amide bonds. The fourth-order valence-corrected chi connectivity index (χ4v) is 2.88. The van der Waals surface area contributed by atoms with Crippen molar-refractivity contribution < 1.29 is 0 Å². The van der Waals surface area contributed by atoms with Gasteiger partial charge in [0.1, 0.15) is 15.8 Å². The second-order valence-electron chi connectivity index (χ2n) is 4.01. The molecule has 2 N–H and O–H groups in total. The fraction of sp³-hybridized carbons (Fsp3) is 0. The van der Waals surface area contributed by atoms with E-state index in [4.69, 9.17) is 22.6 Å². The van der Waals surface area contributed by atoms with Crippen molar-refractivity contribution in [3.63, 3.8) is 0 Å². The third kappa shape index (κ3) is 2.03. The van der Waals surface area contributed by atoms with Crippen LogP contribution in [0.1, 0.15) is 4.88 Å². The largest absolute Gasteiger partial charge is 0.396 e. The molecule has 1 aromatic carbocycles. The predicted molar refractivity (Wildman–Crippen MR) is 79.2 cm³/mol. The molecule has 3 nitrogen and oxygen atoms in total. The molecular weight excluding hydrogens is 278 g/mol. The number of thiophene rings is 1. The van der Waals surface area contributed by atoms with E-state index in [1.807, 2.05) is 36.4 Å². The highest BCUT2D eigenvalue weighted by molar-refractivity contribution is 7.19. The summed E-state index contributed by atoms with van der Waals surface area (Å²) in [5.41, 5.74) is 8.23. The second-order valence-corrected chi connectivity index (χ2v) is 5.45. The van der Waals surface area contributed by atoms with Crippen molar-refractivity contribution in [3.05, 3.63) is 46.3 Å². The molecule has 0 atom stereocenters. The lowest BCUT2D eigenvalue weighted by molar-refractivity contribution is 1.43. The van der Waals surface area contributed by atoms with Gasteiger partial charge in [0.2, 0.25) is 0 Å². The smallest absolute Gasteiger partial charge is 0.130 e. The quantitative estimate of drug-likeness (QED) is 0.733. The van der Waals surface area contributed by atoms with Gasteiger partial charge in [0.05, 0.1) is 11.4 Å². The molecule has 0 bridgehead atoms. The van der Waals surface area contributed by atoms with Crippen molar-refractivity contribution in [2.75, 3.05) is 5.73 Å². The van der Waals surface area contributed by atoms with Crippen molar-refractivity contribution in [1.29, 1.82) is 5.26 Å². The van der Waals surface area contributed by atoms with E-state index < -0.39 is 0 Å². The minimum absolute atomic E-state index is 0.510. The summed E-state index contributed by atoms with van der Waals surface area (Å²) in [7, 11) is 0. The highest BCUT2D eigenvalue weighted by Gasteiger charge is 2.11. The monoisotopic (exact) mass is 285 g/mol. The lowest BCUT2D eigenvalue weighted by atomic mass is 10.1. The van der Waals surface area contributed by atoms with Crippen LogP contribution >= 0.6 is 22.9 Å². The van der Waals surface area contributed by atoms with Crippen molar-refractivity contribution in [2.24, 2.45) is 0 Å². The van der Waals surface area contributed by atoms with Gasteiger partial charge in [-0.15, -0.1) is 11.3 Å². The third-order valence-electron chi connectivity index (χ3n) is 2.84. The Hall–Kier alpha value is -2.09. The van der Waals surface area contributed by atoms with Crippen LogP contribution in [0.4, 0.5) is 5.69 Å². The van der Waals surface area contributed by atoms with Crippen LogP contribution < -0.4 is 5.73 Å². The van der Waals surface area contributed by atoms with Crippen LogP contribution in [0, 0.1) is 11.3 Å². The maximum Gasteiger partial charge on any atom is 0.130 e. The van der Waals surface area contributed by atoms with Crippen molar-refractivity contribution in [2.45, 2.75) is 0 Å². The Labute approximate surface area is 118 Å². The summed E-state index contributed by atoms with van der Waals surface area (Å²) in [6.45, 7) is 0. The standard InChI is InChI=1S/C14H8ClN3S/c15-9-3-1-8(2-4-9)11-6-5-10-13(17)12(7-16)19-14(10)18-11/h1-6H,17H2. The van der Waals surface area contributed by atoms with Crippen LogP contribution in [-0.2, 0) is 0 Å². The van der Waals surface area contributed by atoms with E-state index in [0.29, 0.717) is 15.6 Å². The molecule has 19 heavy (non-hydrogen) atoms. The molecule has 0 radical (unpaired) electrons.